The van der Waals surface area contributed by atoms with Crippen molar-refractivity contribution in [2.45, 2.75) is 32.7 Å². The molecule has 0 saturated heterocycles. The summed E-state index contributed by atoms with van der Waals surface area (Å²) in [6, 6.07) is 12.3. The van der Waals surface area contributed by atoms with Crippen LogP contribution in [0.25, 0.3) is 0 Å². The largest absolute Gasteiger partial charge is 0.492 e. The number of benzene rings is 1. The van der Waals surface area contributed by atoms with Crippen LogP contribution in [0.1, 0.15) is 31.2 Å². The fourth-order valence-electron chi connectivity index (χ4n) is 1.95. The first-order valence-corrected chi connectivity index (χ1v) is 8.33. The molecule has 1 aromatic carbocycles. The molecule has 0 unspecified atom stereocenters. The Bertz CT molecular complexity index is 557. The highest BCUT2D eigenvalue weighted by Gasteiger charge is 2.12. The lowest BCUT2D eigenvalue weighted by Gasteiger charge is -2.19. The van der Waals surface area contributed by atoms with Crippen LogP contribution >= 0.6 is 22.9 Å². The van der Waals surface area contributed by atoms with Crippen molar-refractivity contribution in [1.29, 1.82) is 0 Å². The molecule has 0 aliphatic carbocycles. The van der Waals surface area contributed by atoms with E-state index in [1.807, 2.05) is 24.3 Å². The quantitative estimate of drug-likeness (QED) is 0.766. The molecule has 1 aromatic heterocycles. The Morgan fingerprint density at radius 3 is 2.38 bits per heavy atom. The average Bonchev–Trinajstić information content (AvgIpc) is 2.84. The summed E-state index contributed by atoms with van der Waals surface area (Å²) in [6.45, 7) is 8.95. The number of hydrogen-bond donors (Lipinski definition) is 1. The van der Waals surface area contributed by atoms with Crippen molar-refractivity contribution in [2.75, 3.05) is 13.2 Å². The Balaban J connectivity index is 1.69. The van der Waals surface area contributed by atoms with Crippen molar-refractivity contribution >= 4 is 22.9 Å². The molecule has 2 nitrogen and oxygen atoms in total. The van der Waals surface area contributed by atoms with E-state index in [0.717, 1.165) is 23.2 Å². The molecule has 0 aliphatic heterocycles. The third kappa shape index (κ3) is 5.34. The molecular weight excluding hydrogens is 302 g/mol. The van der Waals surface area contributed by atoms with Gasteiger partial charge in [0.25, 0.3) is 0 Å². The lowest BCUT2D eigenvalue weighted by atomic mass is 9.87. The minimum Gasteiger partial charge on any atom is -0.492 e. The SMILES string of the molecule is CC(C)(C)c1ccc(OCCNCc2ccc(Cl)s2)cc1. The van der Waals surface area contributed by atoms with Crippen LogP contribution in [-0.4, -0.2) is 13.2 Å². The van der Waals surface area contributed by atoms with Gasteiger partial charge in [0.2, 0.25) is 0 Å². The van der Waals surface area contributed by atoms with E-state index in [-0.39, 0.29) is 5.41 Å². The predicted octanol–water partition coefficient (Wildman–Crippen LogP) is 4.87. The number of halogens is 1. The van der Waals surface area contributed by atoms with Gasteiger partial charge in [-0.25, -0.2) is 0 Å². The molecular formula is C17H22ClNOS. The fraction of sp³-hybridized carbons (Fsp3) is 0.412. The normalized spacial score (nSPS) is 11.6. The monoisotopic (exact) mass is 323 g/mol. The van der Waals surface area contributed by atoms with Crippen molar-refractivity contribution in [1.82, 2.24) is 5.32 Å². The van der Waals surface area contributed by atoms with E-state index in [2.05, 4.69) is 38.2 Å². The molecule has 0 fully saturated rings. The number of hydrogen-bond acceptors (Lipinski definition) is 3. The highest BCUT2D eigenvalue weighted by Crippen LogP contribution is 2.24. The number of nitrogens with one attached hydrogen (secondary N) is 1. The number of ether oxygens (including phenoxy) is 1. The molecule has 0 saturated carbocycles. The minimum atomic E-state index is 0.183. The first-order chi connectivity index (χ1) is 9.95. The summed E-state index contributed by atoms with van der Waals surface area (Å²) in [7, 11) is 0. The fourth-order valence-corrected chi connectivity index (χ4v) is 3.01. The third-order valence-corrected chi connectivity index (χ3v) is 4.43. The summed E-state index contributed by atoms with van der Waals surface area (Å²) in [4.78, 5) is 1.24. The third-order valence-electron chi connectivity index (χ3n) is 3.20. The van der Waals surface area contributed by atoms with Crippen LogP contribution in [0.5, 0.6) is 5.75 Å². The topological polar surface area (TPSA) is 21.3 Å². The minimum absolute atomic E-state index is 0.183. The molecule has 0 aliphatic rings. The van der Waals surface area contributed by atoms with Crippen molar-refractivity contribution < 1.29 is 4.74 Å². The van der Waals surface area contributed by atoms with E-state index >= 15 is 0 Å². The predicted molar refractivity (Wildman–Crippen MR) is 91.7 cm³/mol. The van der Waals surface area contributed by atoms with E-state index in [1.165, 1.54) is 10.4 Å². The van der Waals surface area contributed by atoms with Crippen LogP contribution in [0, 0.1) is 0 Å². The summed E-state index contributed by atoms with van der Waals surface area (Å²) < 4.78 is 6.57. The van der Waals surface area contributed by atoms with Crippen LogP contribution in [0.3, 0.4) is 0 Å². The Morgan fingerprint density at radius 2 is 1.81 bits per heavy atom. The Hall–Kier alpha value is -1.03. The molecule has 2 rings (SSSR count). The molecule has 4 heteroatoms. The molecule has 1 heterocycles. The smallest absolute Gasteiger partial charge is 0.119 e. The van der Waals surface area contributed by atoms with Gasteiger partial charge in [-0.05, 0) is 35.2 Å². The second-order valence-electron chi connectivity index (χ2n) is 6.01. The van der Waals surface area contributed by atoms with E-state index in [4.69, 9.17) is 16.3 Å². The lowest BCUT2D eigenvalue weighted by molar-refractivity contribution is 0.313. The van der Waals surface area contributed by atoms with Gasteiger partial charge >= 0.3 is 0 Å². The Kier molecular flexibility index (Phi) is 5.68. The molecule has 114 valence electrons. The van der Waals surface area contributed by atoms with Gasteiger partial charge in [-0.15, -0.1) is 11.3 Å². The lowest BCUT2D eigenvalue weighted by Crippen LogP contribution is -2.20. The Morgan fingerprint density at radius 1 is 1.10 bits per heavy atom. The van der Waals surface area contributed by atoms with Crippen LogP contribution < -0.4 is 10.1 Å². The molecule has 0 radical (unpaired) electrons. The van der Waals surface area contributed by atoms with Crippen molar-refractivity contribution in [3.05, 3.63) is 51.2 Å². The van der Waals surface area contributed by atoms with Gasteiger partial charge in [-0.2, -0.15) is 0 Å². The second-order valence-corrected chi connectivity index (χ2v) is 7.81. The van der Waals surface area contributed by atoms with Crippen LogP contribution in [0.2, 0.25) is 4.34 Å². The molecule has 2 aromatic rings. The maximum Gasteiger partial charge on any atom is 0.119 e. The zero-order valence-corrected chi connectivity index (χ0v) is 14.4. The highest BCUT2D eigenvalue weighted by molar-refractivity contribution is 7.16. The van der Waals surface area contributed by atoms with Gasteiger partial charge in [0.15, 0.2) is 0 Å². The highest BCUT2D eigenvalue weighted by atomic mass is 35.5. The van der Waals surface area contributed by atoms with E-state index in [1.54, 1.807) is 11.3 Å². The Labute approximate surface area is 136 Å². The van der Waals surface area contributed by atoms with Gasteiger partial charge in [0.05, 0.1) is 4.34 Å². The second kappa shape index (κ2) is 7.30. The molecule has 0 amide bonds. The summed E-state index contributed by atoms with van der Waals surface area (Å²) in [6.07, 6.45) is 0. The van der Waals surface area contributed by atoms with Gasteiger partial charge < -0.3 is 10.1 Å². The van der Waals surface area contributed by atoms with Crippen LogP contribution in [0.15, 0.2) is 36.4 Å². The van der Waals surface area contributed by atoms with Gasteiger partial charge in [-0.1, -0.05) is 44.5 Å². The van der Waals surface area contributed by atoms with E-state index in [9.17, 15) is 0 Å². The summed E-state index contributed by atoms with van der Waals surface area (Å²) in [5, 5.41) is 3.35. The molecule has 21 heavy (non-hydrogen) atoms. The van der Waals surface area contributed by atoms with Crippen molar-refractivity contribution in [3.63, 3.8) is 0 Å². The summed E-state index contributed by atoms with van der Waals surface area (Å²) in [5.41, 5.74) is 1.50. The number of thiophene rings is 1. The van der Waals surface area contributed by atoms with E-state index in [0.29, 0.717) is 6.61 Å². The van der Waals surface area contributed by atoms with Gasteiger partial charge in [0.1, 0.15) is 12.4 Å². The van der Waals surface area contributed by atoms with Crippen LogP contribution in [-0.2, 0) is 12.0 Å². The average molecular weight is 324 g/mol. The first-order valence-electron chi connectivity index (χ1n) is 7.13. The first kappa shape index (κ1) is 16.3. The number of rotatable bonds is 6. The molecule has 1 N–H and O–H groups in total. The zero-order chi connectivity index (χ0) is 15.3. The molecule has 0 spiro atoms. The summed E-state index contributed by atoms with van der Waals surface area (Å²) in [5.74, 6) is 0.920. The van der Waals surface area contributed by atoms with Crippen molar-refractivity contribution in [3.8, 4) is 5.75 Å². The standard InChI is InChI=1S/C17H22ClNOS/c1-17(2,3)13-4-6-14(7-5-13)20-11-10-19-12-15-8-9-16(18)21-15/h4-9,19H,10-12H2,1-3H3. The summed E-state index contributed by atoms with van der Waals surface area (Å²) >= 11 is 7.50. The van der Waals surface area contributed by atoms with E-state index < -0.39 is 0 Å². The van der Waals surface area contributed by atoms with Gasteiger partial charge in [0, 0.05) is 18.0 Å². The van der Waals surface area contributed by atoms with Crippen LogP contribution in [0.4, 0.5) is 0 Å². The molecule has 0 atom stereocenters. The zero-order valence-electron chi connectivity index (χ0n) is 12.8. The van der Waals surface area contributed by atoms with Gasteiger partial charge in [-0.3, -0.25) is 0 Å². The molecule has 0 bridgehead atoms. The maximum atomic E-state index is 5.89. The maximum absolute atomic E-state index is 5.89. The van der Waals surface area contributed by atoms with Crippen molar-refractivity contribution in [2.24, 2.45) is 0 Å².